The van der Waals surface area contributed by atoms with Crippen molar-refractivity contribution < 1.29 is 18.1 Å². The van der Waals surface area contributed by atoms with Crippen LogP contribution in [-0.4, -0.2) is 6.61 Å². The van der Waals surface area contributed by atoms with E-state index in [0.717, 1.165) is 12.8 Å². The van der Waals surface area contributed by atoms with Crippen molar-refractivity contribution in [1.82, 2.24) is 0 Å². The molecule has 1 fully saturated rings. The summed E-state index contributed by atoms with van der Waals surface area (Å²) >= 11 is 0. The number of hydrogen-bond acceptors (Lipinski definition) is 4. The van der Waals surface area contributed by atoms with E-state index in [2.05, 4.69) is 24.3 Å². The maximum Gasteiger partial charge on any atom is 0.587 e. The molecule has 0 saturated heterocycles. The first kappa shape index (κ1) is 21.7. The molecule has 0 spiro atoms. The fourth-order valence-electron chi connectivity index (χ4n) is 4.01. The molecule has 0 unspecified atom stereocenters. The summed E-state index contributed by atoms with van der Waals surface area (Å²) in [5.74, 6) is 1.60. The summed E-state index contributed by atoms with van der Waals surface area (Å²) in [7, 11) is -3.81. The summed E-state index contributed by atoms with van der Waals surface area (Å²) in [5, 5.41) is 0. The van der Waals surface area contributed by atoms with Crippen molar-refractivity contribution in [2.24, 2.45) is 0 Å². The molecule has 0 bridgehead atoms. The Bertz CT molecular complexity index is 939. The normalized spacial score (nSPS) is 14.5. The second-order valence-electron chi connectivity index (χ2n) is 7.92. The minimum absolute atomic E-state index is 0.282. The Balaban J connectivity index is 1.36. The third-order valence-electron chi connectivity index (χ3n) is 5.56. The highest BCUT2D eigenvalue weighted by Crippen LogP contribution is 2.49. The Hall–Kier alpha value is -2.55. The Morgan fingerprint density at radius 3 is 2.00 bits per heavy atom. The molecule has 0 radical (unpaired) electrons. The third kappa shape index (κ3) is 6.46. The molecule has 3 aromatic carbocycles. The molecular formula is C26H29O4P. The van der Waals surface area contributed by atoms with Crippen LogP contribution >= 0.6 is 7.82 Å². The van der Waals surface area contributed by atoms with Gasteiger partial charge in [0, 0.05) is 0 Å². The van der Waals surface area contributed by atoms with Gasteiger partial charge in [0.1, 0.15) is 11.5 Å². The van der Waals surface area contributed by atoms with E-state index >= 15 is 0 Å². The second-order valence-corrected chi connectivity index (χ2v) is 9.44. The van der Waals surface area contributed by atoms with Gasteiger partial charge in [0.15, 0.2) is 0 Å². The highest BCUT2D eigenvalue weighted by molar-refractivity contribution is 7.49. The lowest BCUT2D eigenvalue weighted by Gasteiger charge is -2.19. The average Bonchev–Trinajstić information content (AvgIpc) is 3.33. The zero-order chi connectivity index (χ0) is 21.4. The Morgan fingerprint density at radius 1 is 0.774 bits per heavy atom. The summed E-state index contributed by atoms with van der Waals surface area (Å²) in [4.78, 5) is 0. The van der Waals surface area contributed by atoms with Gasteiger partial charge in [-0.3, -0.25) is 4.52 Å². The van der Waals surface area contributed by atoms with Crippen LogP contribution in [-0.2, 0) is 15.5 Å². The van der Waals surface area contributed by atoms with E-state index in [1.807, 2.05) is 36.4 Å². The molecule has 0 N–H and O–H groups in total. The van der Waals surface area contributed by atoms with E-state index < -0.39 is 7.82 Å². The number of phosphoric ester groups is 1. The standard InChI is InChI=1S/C26H29O4P/c27-31(29-25-16-3-1-4-17-25,30-26-18-5-2-6-19-26)28-20-10-12-22-11-9-15-24(21-22)23-13-7-8-14-23/h1-6,9,11,15-19,21,23H,7-8,10,12-14,20H2. The lowest BCUT2D eigenvalue weighted by molar-refractivity contribution is 0.207. The summed E-state index contributed by atoms with van der Waals surface area (Å²) in [6, 6.07) is 26.8. The van der Waals surface area contributed by atoms with Crippen molar-refractivity contribution in [2.45, 2.75) is 44.4 Å². The molecule has 0 atom stereocenters. The lowest BCUT2D eigenvalue weighted by atomic mass is 9.95. The van der Waals surface area contributed by atoms with Gasteiger partial charge in [0.05, 0.1) is 6.61 Å². The quantitative estimate of drug-likeness (QED) is 0.243. The van der Waals surface area contributed by atoms with Gasteiger partial charge in [-0.05, 0) is 67.0 Å². The molecule has 0 heterocycles. The molecule has 3 aromatic rings. The number of aryl methyl sites for hydroxylation is 1. The average molecular weight is 436 g/mol. The molecule has 4 rings (SSSR count). The summed E-state index contributed by atoms with van der Waals surface area (Å²) < 4.78 is 30.3. The van der Waals surface area contributed by atoms with Crippen LogP contribution in [0, 0.1) is 0 Å². The molecule has 0 amide bonds. The van der Waals surface area contributed by atoms with Crippen LogP contribution in [0.3, 0.4) is 0 Å². The number of rotatable bonds is 10. The molecule has 1 aliphatic carbocycles. The molecule has 4 nitrogen and oxygen atoms in total. The molecule has 31 heavy (non-hydrogen) atoms. The predicted molar refractivity (Wildman–Crippen MR) is 124 cm³/mol. The number of phosphoric acid groups is 1. The Labute approximate surface area is 184 Å². The fraction of sp³-hybridized carbons (Fsp3) is 0.308. The van der Waals surface area contributed by atoms with Gasteiger partial charge >= 0.3 is 7.82 Å². The molecule has 162 valence electrons. The first-order chi connectivity index (χ1) is 15.2. The maximum absolute atomic E-state index is 13.3. The number of para-hydroxylation sites is 2. The number of hydrogen-bond donors (Lipinski definition) is 0. The molecule has 1 aliphatic rings. The first-order valence-electron chi connectivity index (χ1n) is 11.0. The topological polar surface area (TPSA) is 44.8 Å². The fourth-order valence-corrected chi connectivity index (χ4v) is 5.26. The van der Waals surface area contributed by atoms with Gasteiger partial charge in [-0.25, -0.2) is 4.57 Å². The van der Waals surface area contributed by atoms with Crippen LogP contribution < -0.4 is 9.05 Å². The maximum atomic E-state index is 13.3. The number of benzene rings is 3. The van der Waals surface area contributed by atoms with E-state index in [-0.39, 0.29) is 6.61 Å². The SMILES string of the molecule is O=P(OCCCc1cccc(C2CCCC2)c1)(Oc1ccccc1)Oc1ccccc1. The third-order valence-corrected chi connectivity index (χ3v) is 6.93. The van der Waals surface area contributed by atoms with E-state index in [9.17, 15) is 4.57 Å². The van der Waals surface area contributed by atoms with E-state index in [1.165, 1.54) is 36.8 Å². The summed E-state index contributed by atoms with van der Waals surface area (Å²) in [6.07, 6.45) is 6.85. The summed E-state index contributed by atoms with van der Waals surface area (Å²) in [6.45, 7) is 0.282. The van der Waals surface area contributed by atoms with Crippen molar-refractivity contribution in [2.75, 3.05) is 6.61 Å². The van der Waals surface area contributed by atoms with Gasteiger partial charge < -0.3 is 9.05 Å². The molecule has 0 aliphatic heterocycles. The Morgan fingerprint density at radius 2 is 1.39 bits per heavy atom. The smallest absolute Gasteiger partial charge is 0.395 e. The van der Waals surface area contributed by atoms with Crippen molar-refractivity contribution in [1.29, 1.82) is 0 Å². The van der Waals surface area contributed by atoms with Crippen LogP contribution in [0.25, 0.3) is 0 Å². The van der Waals surface area contributed by atoms with Gasteiger partial charge in [0.25, 0.3) is 0 Å². The second kappa shape index (κ2) is 10.7. The van der Waals surface area contributed by atoms with Gasteiger partial charge in [-0.2, -0.15) is 0 Å². The minimum atomic E-state index is -3.81. The predicted octanol–water partition coefficient (Wildman–Crippen LogP) is 7.56. The van der Waals surface area contributed by atoms with Crippen LogP contribution in [0.15, 0.2) is 84.9 Å². The van der Waals surface area contributed by atoms with Crippen LogP contribution in [0.1, 0.15) is 49.1 Å². The van der Waals surface area contributed by atoms with Gasteiger partial charge in [0.2, 0.25) is 0 Å². The van der Waals surface area contributed by atoms with E-state index in [4.69, 9.17) is 13.6 Å². The molecule has 1 saturated carbocycles. The largest absolute Gasteiger partial charge is 0.587 e. The highest BCUT2D eigenvalue weighted by atomic mass is 31.2. The van der Waals surface area contributed by atoms with Crippen molar-refractivity contribution >= 4 is 7.82 Å². The monoisotopic (exact) mass is 436 g/mol. The minimum Gasteiger partial charge on any atom is -0.395 e. The zero-order valence-corrected chi connectivity index (χ0v) is 18.6. The highest BCUT2D eigenvalue weighted by Gasteiger charge is 2.30. The molecular weight excluding hydrogens is 407 g/mol. The van der Waals surface area contributed by atoms with E-state index in [0.29, 0.717) is 17.4 Å². The van der Waals surface area contributed by atoms with Crippen LogP contribution in [0.2, 0.25) is 0 Å². The Kier molecular flexibility index (Phi) is 7.45. The van der Waals surface area contributed by atoms with Crippen LogP contribution in [0.5, 0.6) is 11.5 Å². The molecule has 5 heteroatoms. The molecule has 0 aromatic heterocycles. The van der Waals surface area contributed by atoms with Crippen molar-refractivity contribution in [3.63, 3.8) is 0 Å². The van der Waals surface area contributed by atoms with Gasteiger partial charge in [-0.1, -0.05) is 73.5 Å². The van der Waals surface area contributed by atoms with E-state index in [1.54, 1.807) is 24.3 Å². The lowest BCUT2D eigenvalue weighted by Crippen LogP contribution is -2.07. The van der Waals surface area contributed by atoms with Crippen LogP contribution in [0.4, 0.5) is 0 Å². The van der Waals surface area contributed by atoms with Crippen molar-refractivity contribution in [3.05, 3.63) is 96.1 Å². The summed E-state index contributed by atoms with van der Waals surface area (Å²) in [5.41, 5.74) is 2.73. The first-order valence-corrected chi connectivity index (χ1v) is 12.5. The van der Waals surface area contributed by atoms with Crippen molar-refractivity contribution in [3.8, 4) is 11.5 Å². The van der Waals surface area contributed by atoms with Gasteiger partial charge in [-0.15, -0.1) is 0 Å². The zero-order valence-electron chi connectivity index (χ0n) is 17.7.